The predicted molar refractivity (Wildman–Crippen MR) is 106 cm³/mol. The second kappa shape index (κ2) is 10.1. The zero-order valence-electron chi connectivity index (χ0n) is 16.1. The normalized spacial score (nSPS) is 18.4. The van der Waals surface area contributed by atoms with Crippen molar-refractivity contribution in [3.63, 3.8) is 0 Å². The first-order chi connectivity index (χ1) is 13.3. The fourth-order valence-corrected chi connectivity index (χ4v) is 3.07. The largest absolute Gasteiger partial charge is 0.377 e. The van der Waals surface area contributed by atoms with E-state index in [9.17, 15) is 0 Å². The third-order valence-corrected chi connectivity index (χ3v) is 4.58. The zero-order valence-corrected chi connectivity index (χ0v) is 16.1. The first-order valence-electron chi connectivity index (χ1n) is 9.53. The summed E-state index contributed by atoms with van der Waals surface area (Å²) in [4.78, 5) is 4.30. The molecule has 0 radical (unpaired) electrons. The summed E-state index contributed by atoms with van der Waals surface area (Å²) in [6.07, 6.45) is 6.23. The lowest BCUT2D eigenvalue weighted by atomic mass is 10.1. The highest BCUT2D eigenvalue weighted by molar-refractivity contribution is 5.80. The number of ether oxygens (including phenoxy) is 2. The van der Waals surface area contributed by atoms with E-state index in [4.69, 9.17) is 9.47 Å². The molecule has 0 aliphatic carbocycles. The third-order valence-electron chi connectivity index (χ3n) is 4.58. The van der Waals surface area contributed by atoms with Crippen LogP contribution in [0.3, 0.4) is 0 Å². The maximum absolute atomic E-state index is 5.68. The molecule has 7 heteroatoms. The molecule has 1 fully saturated rings. The Hall–Kier alpha value is -2.38. The van der Waals surface area contributed by atoms with Crippen LogP contribution >= 0.6 is 0 Å². The van der Waals surface area contributed by atoms with Gasteiger partial charge in [0.1, 0.15) is 0 Å². The van der Waals surface area contributed by atoms with E-state index in [1.807, 2.05) is 29.1 Å². The molecule has 2 atom stereocenters. The highest BCUT2D eigenvalue weighted by atomic mass is 16.5. The van der Waals surface area contributed by atoms with Crippen molar-refractivity contribution >= 4 is 5.96 Å². The molecular weight excluding hydrogens is 342 g/mol. The second-order valence-electron chi connectivity index (χ2n) is 6.62. The average molecular weight is 371 g/mol. The highest BCUT2D eigenvalue weighted by Gasteiger charge is 2.15. The lowest BCUT2D eigenvalue weighted by molar-refractivity contribution is 0.0191. The molecular formula is C20H29N5O2. The van der Waals surface area contributed by atoms with E-state index < -0.39 is 0 Å². The minimum atomic E-state index is 0.111. The molecule has 1 aromatic carbocycles. The van der Waals surface area contributed by atoms with E-state index in [1.165, 1.54) is 5.56 Å². The summed E-state index contributed by atoms with van der Waals surface area (Å²) in [6.45, 7) is 4.98. The number of aliphatic imine (C=N–C) groups is 1. The fraction of sp³-hybridized carbons (Fsp3) is 0.500. The Balaban J connectivity index is 1.44. The molecule has 146 valence electrons. The van der Waals surface area contributed by atoms with Crippen molar-refractivity contribution < 1.29 is 9.47 Å². The van der Waals surface area contributed by atoms with Crippen LogP contribution < -0.4 is 10.6 Å². The molecule has 1 saturated heterocycles. The van der Waals surface area contributed by atoms with Crippen LogP contribution in [0.2, 0.25) is 0 Å². The van der Waals surface area contributed by atoms with Crippen molar-refractivity contribution in [3.8, 4) is 5.69 Å². The van der Waals surface area contributed by atoms with Gasteiger partial charge in [-0.2, -0.15) is 5.10 Å². The van der Waals surface area contributed by atoms with Crippen molar-refractivity contribution in [2.75, 3.05) is 33.4 Å². The lowest BCUT2D eigenvalue weighted by Crippen LogP contribution is -2.40. The van der Waals surface area contributed by atoms with Crippen LogP contribution in [-0.2, 0) is 9.47 Å². The van der Waals surface area contributed by atoms with Gasteiger partial charge in [-0.15, -0.1) is 0 Å². The van der Waals surface area contributed by atoms with Crippen LogP contribution in [0.5, 0.6) is 0 Å². The molecule has 3 rings (SSSR count). The van der Waals surface area contributed by atoms with Gasteiger partial charge in [-0.3, -0.25) is 4.99 Å². The van der Waals surface area contributed by atoms with E-state index in [1.54, 1.807) is 13.2 Å². The Morgan fingerprint density at radius 1 is 1.44 bits per heavy atom. The molecule has 7 nitrogen and oxygen atoms in total. The summed E-state index contributed by atoms with van der Waals surface area (Å²) < 4.78 is 13.1. The van der Waals surface area contributed by atoms with Crippen LogP contribution in [0.4, 0.5) is 0 Å². The number of benzene rings is 1. The molecule has 0 spiro atoms. The van der Waals surface area contributed by atoms with Crippen molar-refractivity contribution in [1.82, 2.24) is 20.4 Å². The van der Waals surface area contributed by atoms with Gasteiger partial charge in [-0.25, -0.2) is 4.68 Å². The summed E-state index contributed by atoms with van der Waals surface area (Å²) in [5, 5.41) is 11.0. The van der Waals surface area contributed by atoms with Crippen LogP contribution in [-0.4, -0.2) is 55.3 Å². The SMILES string of the molecule is CN=C(NCCOCC1CCCO1)NC(C)c1cccc(-n2cccn2)c1. The number of aromatic nitrogens is 2. The lowest BCUT2D eigenvalue weighted by Gasteiger charge is -2.19. The van der Waals surface area contributed by atoms with Crippen molar-refractivity contribution in [3.05, 3.63) is 48.3 Å². The molecule has 0 amide bonds. The van der Waals surface area contributed by atoms with Crippen molar-refractivity contribution in [1.29, 1.82) is 0 Å². The second-order valence-corrected chi connectivity index (χ2v) is 6.62. The number of hydrogen-bond acceptors (Lipinski definition) is 4. The van der Waals surface area contributed by atoms with Gasteiger partial charge in [-0.05, 0) is 43.5 Å². The maximum Gasteiger partial charge on any atom is 0.191 e. The number of nitrogens with one attached hydrogen (secondary N) is 2. The fourth-order valence-electron chi connectivity index (χ4n) is 3.07. The summed E-state index contributed by atoms with van der Waals surface area (Å²) in [6, 6.07) is 10.3. The van der Waals surface area contributed by atoms with Gasteiger partial charge in [-0.1, -0.05) is 12.1 Å². The average Bonchev–Trinajstić information content (AvgIpc) is 3.41. The molecule has 0 bridgehead atoms. The van der Waals surface area contributed by atoms with Crippen LogP contribution in [0.1, 0.15) is 31.4 Å². The summed E-state index contributed by atoms with van der Waals surface area (Å²) in [5.41, 5.74) is 2.21. The minimum Gasteiger partial charge on any atom is -0.377 e. The van der Waals surface area contributed by atoms with Gasteiger partial charge in [0.2, 0.25) is 0 Å². The van der Waals surface area contributed by atoms with E-state index >= 15 is 0 Å². The monoisotopic (exact) mass is 371 g/mol. The van der Waals surface area contributed by atoms with Gasteiger partial charge in [0, 0.05) is 32.6 Å². The minimum absolute atomic E-state index is 0.111. The zero-order chi connectivity index (χ0) is 18.9. The first kappa shape index (κ1) is 19.4. The van der Waals surface area contributed by atoms with Gasteiger partial charge in [0.25, 0.3) is 0 Å². The third kappa shape index (κ3) is 5.80. The Morgan fingerprint density at radius 3 is 3.11 bits per heavy atom. The molecule has 2 aromatic rings. The summed E-state index contributed by atoms with van der Waals surface area (Å²) in [7, 11) is 1.77. The quantitative estimate of drug-likeness (QED) is 0.423. The van der Waals surface area contributed by atoms with Gasteiger partial charge < -0.3 is 20.1 Å². The highest BCUT2D eigenvalue weighted by Crippen LogP contribution is 2.16. The van der Waals surface area contributed by atoms with E-state index in [0.29, 0.717) is 19.8 Å². The Bertz CT molecular complexity index is 711. The Morgan fingerprint density at radius 2 is 2.37 bits per heavy atom. The summed E-state index contributed by atoms with van der Waals surface area (Å²) in [5.74, 6) is 0.757. The number of rotatable bonds is 8. The molecule has 1 aliphatic heterocycles. The van der Waals surface area contributed by atoms with Gasteiger partial charge >= 0.3 is 0 Å². The first-order valence-corrected chi connectivity index (χ1v) is 9.53. The number of hydrogen-bond donors (Lipinski definition) is 2. The van der Waals surface area contributed by atoms with Gasteiger partial charge in [0.05, 0.1) is 31.0 Å². The molecule has 0 saturated carbocycles. The molecule has 1 aromatic heterocycles. The van der Waals surface area contributed by atoms with E-state index in [2.05, 4.69) is 39.8 Å². The standard InChI is InChI=1S/C20H29N5O2/c1-16(17-6-3-7-18(14-17)25-11-5-9-23-25)24-20(21-2)22-10-13-26-15-19-8-4-12-27-19/h3,5-7,9,11,14,16,19H,4,8,10,12-13,15H2,1-2H3,(H2,21,22,24). The van der Waals surface area contributed by atoms with Crippen LogP contribution in [0.25, 0.3) is 5.69 Å². The van der Waals surface area contributed by atoms with E-state index in [0.717, 1.165) is 31.1 Å². The van der Waals surface area contributed by atoms with Crippen molar-refractivity contribution in [2.24, 2.45) is 4.99 Å². The maximum atomic E-state index is 5.68. The Labute approximate surface area is 160 Å². The predicted octanol–water partition coefficient (Wildman–Crippen LogP) is 2.29. The van der Waals surface area contributed by atoms with Crippen LogP contribution in [0.15, 0.2) is 47.7 Å². The molecule has 2 unspecified atom stereocenters. The topological polar surface area (TPSA) is 72.7 Å². The molecule has 1 aliphatic rings. The molecule has 27 heavy (non-hydrogen) atoms. The molecule has 2 N–H and O–H groups in total. The van der Waals surface area contributed by atoms with Crippen molar-refractivity contribution in [2.45, 2.75) is 31.9 Å². The van der Waals surface area contributed by atoms with E-state index in [-0.39, 0.29) is 12.1 Å². The van der Waals surface area contributed by atoms with Crippen LogP contribution in [0, 0.1) is 0 Å². The van der Waals surface area contributed by atoms with Gasteiger partial charge in [0.15, 0.2) is 5.96 Å². The Kier molecular flexibility index (Phi) is 7.24. The molecule has 2 heterocycles. The smallest absolute Gasteiger partial charge is 0.191 e. The number of nitrogens with zero attached hydrogens (tertiary/aromatic N) is 3. The number of guanidine groups is 1. The summed E-state index contributed by atoms with van der Waals surface area (Å²) >= 11 is 0.